The molecule has 1 rings (SSSR count). The molecule has 0 aliphatic rings. The summed E-state index contributed by atoms with van der Waals surface area (Å²) < 4.78 is 57.3. The molecule has 0 saturated heterocycles. The molecule has 0 unspecified atom stereocenters. The SMILES string of the molecule is [2H]C([2H])([2H])c1cc(C(F)(F)F)nc(Cl)n1. The van der Waals surface area contributed by atoms with E-state index in [2.05, 4.69) is 9.97 Å². The van der Waals surface area contributed by atoms with Crippen LogP contribution in [0.5, 0.6) is 0 Å². The summed E-state index contributed by atoms with van der Waals surface area (Å²) in [4.78, 5) is 6.11. The number of rotatable bonds is 0. The molecule has 0 aliphatic heterocycles. The molecule has 0 bridgehead atoms. The van der Waals surface area contributed by atoms with Gasteiger partial charge in [-0.1, -0.05) is 0 Å². The zero-order valence-electron chi connectivity index (χ0n) is 8.48. The minimum atomic E-state index is -4.74. The maximum Gasteiger partial charge on any atom is 0.433 e. The fourth-order valence-electron chi connectivity index (χ4n) is 0.563. The van der Waals surface area contributed by atoms with Crippen molar-refractivity contribution in [1.82, 2.24) is 9.97 Å². The summed E-state index contributed by atoms with van der Waals surface area (Å²) in [7, 11) is 0. The van der Waals surface area contributed by atoms with Crippen molar-refractivity contribution >= 4 is 11.6 Å². The Hall–Kier alpha value is -0.840. The molecule has 12 heavy (non-hydrogen) atoms. The monoisotopic (exact) mass is 199 g/mol. The highest BCUT2D eigenvalue weighted by atomic mass is 35.5. The van der Waals surface area contributed by atoms with Crippen LogP contribution in [0.25, 0.3) is 0 Å². The van der Waals surface area contributed by atoms with Crippen LogP contribution < -0.4 is 0 Å². The lowest BCUT2D eigenvalue weighted by atomic mass is 10.3. The van der Waals surface area contributed by atoms with Gasteiger partial charge in [-0.05, 0) is 24.5 Å². The molecule has 1 heterocycles. The van der Waals surface area contributed by atoms with Gasteiger partial charge < -0.3 is 0 Å². The quantitative estimate of drug-likeness (QED) is 0.600. The Morgan fingerprint density at radius 3 is 2.67 bits per heavy atom. The summed E-state index contributed by atoms with van der Waals surface area (Å²) in [6, 6.07) is 0.360. The molecule has 0 aromatic carbocycles. The molecule has 0 atom stereocenters. The Labute approximate surface area is 75.6 Å². The number of halogens is 4. The second-order valence-corrected chi connectivity index (χ2v) is 2.24. The Kier molecular flexibility index (Phi) is 1.39. The molecule has 1 aromatic rings. The van der Waals surface area contributed by atoms with Crippen LogP contribution in [0.2, 0.25) is 5.28 Å². The highest BCUT2D eigenvalue weighted by Gasteiger charge is 2.33. The van der Waals surface area contributed by atoms with E-state index in [9.17, 15) is 13.2 Å². The summed E-state index contributed by atoms with van der Waals surface area (Å²) >= 11 is 5.19. The van der Waals surface area contributed by atoms with Crippen molar-refractivity contribution < 1.29 is 17.3 Å². The first-order valence-electron chi connectivity index (χ1n) is 4.23. The second kappa shape index (κ2) is 2.90. The summed E-state index contributed by atoms with van der Waals surface area (Å²) in [6.45, 7) is -2.74. The van der Waals surface area contributed by atoms with Crippen LogP contribution >= 0.6 is 11.6 Å². The molecule has 66 valence electrons. The van der Waals surface area contributed by atoms with Crippen LogP contribution in [0.4, 0.5) is 13.2 Å². The first-order chi connectivity index (χ1) is 6.60. The average molecular weight is 200 g/mol. The Morgan fingerprint density at radius 1 is 1.50 bits per heavy atom. The topological polar surface area (TPSA) is 25.8 Å². The summed E-state index contributed by atoms with van der Waals surface area (Å²) in [5.74, 6) is 0. The van der Waals surface area contributed by atoms with E-state index >= 15 is 0 Å². The third kappa shape index (κ3) is 2.07. The predicted molar refractivity (Wildman–Crippen MR) is 36.8 cm³/mol. The van der Waals surface area contributed by atoms with Crippen molar-refractivity contribution in [2.24, 2.45) is 0 Å². The van der Waals surface area contributed by atoms with Crippen molar-refractivity contribution in [2.45, 2.75) is 13.0 Å². The standard InChI is InChI=1S/C6H4ClF3N2/c1-3-2-4(6(8,9)10)12-5(7)11-3/h2H,1H3/i1D3. The van der Waals surface area contributed by atoms with Crippen LogP contribution in [-0.2, 0) is 6.18 Å². The average Bonchev–Trinajstić information content (AvgIpc) is 1.99. The first kappa shape index (κ1) is 5.75. The van der Waals surface area contributed by atoms with E-state index in [0.717, 1.165) is 0 Å². The number of aromatic nitrogens is 2. The van der Waals surface area contributed by atoms with Gasteiger partial charge in [0.25, 0.3) is 0 Å². The number of alkyl halides is 3. The minimum absolute atomic E-state index is 0.360. The van der Waals surface area contributed by atoms with Crippen molar-refractivity contribution in [3.63, 3.8) is 0 Å². The largest absolute Gasteiger partial charge is 0.433 e. The highest BCUT2D eigenvalue weighted by molar-refractivity contribution is 6.28. The van der Waals surface area contributed by atoms with E-state index in [4.69, 9.17) is 15.7 Å². The molecule has 0 spiro atoms. The Morgan fingerprint density at radius 2 is 2.17 bits per heavy atom. The van der Waals surface area contributed by atoms with Gasteiger partial charge in [-0.25, -0.2) is 9.97 Å². The van der Waals surface area contributed by atoms with Crippen LogP contribution in [0, 0.1) is 6.85 Å². The molecule has 6 heteroatoms. The van der Waals surface area contributed by atoms with Crippen molar-refractivity contribution in [3.8, 4) is 0 Å². The normalized spacial score (nSPS) is 16.5. The molecule has 1 aromatic heterocycles. The second-order valence-electron chi connectivity index (χ2n) is 1.91. The lowest BCUT2D eigenvalue weighted by Crippen LogP contribution is -2.09. The minimum Gasteiger partial charge on any atom is -0.223 e. The predicted octanol–water partition coefficient (Wildman–Crippen LogP) is 2.46. The van der Waals surface area contributed by atoms with Gasteiger partial charge in [0.15, 0.2) is 0 Å². The molecular formula is C6H4ClF3N2. The fraction of sp³-hybridized carbons (Fsp3) is 0.333. The number of hydrogen-bond acceptors (Lipinski definition) is 2. The fourth-order valence-corrected chi connectivity index (χ4v) is 0.745. The van der Waals surface area contributed by atoms with E-state index in [0.29, 0.717) is 6.07 Å². The molecule has 0 aliphatic carbocycles. The van der Waals surface area contributed by atoms with E-state index in [1.165, 1.54) is 0 Å². The van der Waals surface area contributed by atoms with Crippen molar-refractivity contribution in [2.75, 3.05) is 0 Å². The first-order valence-corrected chi connectivity index (χ1v) is 3.11. The van der Waals surface area contributed by atoms with Crippen LogP contribution in [0.3, 0.4) is 0 Å². The van der Waals surface area contributed by atoms with E-state index in [-0.39, 0.29) is 0 Å². The number of aryl methyl sites for hydroxylation is 1. The number of nitrogens with zero attached hydrogens (tertiary/aromatic N) is 2. The zero-order chi connectivity index (χ0) is 11.9. The van der Waals surface area contributed by atoms with Gasteiger partial charge in [0.2, 0.25) is 5.28 Å². The van der Waals surface area contributed by atoms with Crippen LogP contribution in [0.15, 0.2) is 6.07 Å². The number of hydrogen-bond donors (Lipinski definition) is 0. The van der Waals surface area contributed by atoms with Gasteiger partial charge in [-0.3, -0.25) is 0 Å². The maximum atomic E-state index is 12.2. The molecule has 0 saturated carbocycles. The highest BCUT2D eigenvalue weighted by Crippen LogP contribution is 2.28. The molecular weight excluding hydrogens is 193 g/mol. The van der Waals surface area contributed by atoms with Gasteiger partial charge in [0.05, 0.1) is 0 Å². The van der Waals surface area contributed by atoms with Gasteiger partial charge in [-0.15, -0.1) is 0 Å². The van der Waals surface area contributed by atoms with E-state index < -0.39 is 29.7 Å². The van der Waals surface area contributed by atoms with Crippen LogP contribution in [0.1, 0.15) is 15.5 Å². The zero-order valence-corrected chi connectivity index (χ0v) is 6.24. The third-order valence-corrected chi connectivity index (χ3v) is 1.16. The smallest absolute Gasteiger partial charge is 0.223 e. The van der Waals surface area contributed by atoms with Crippen molar-refractivity contribution in [3.05, 3.63) is 22.7 Å². The maximum absolute atomic E-state index is 12.2. The summed E-state index contributed by atoms with van der Waals surface area (Å²) in [5.41, 5.74) is -2.09. The molecule has 0 N–H and O–H groups in total. The van der Waals surface area contributed by atoms with Gasteiger partial charge in [-0.2, -0.15) is 13.2 Å². The molecule has 2 nitrogen and oxygen atoms in total. The molecule has 0 amide bonds. The Bertz CT molecular complexity index is 345. The van der Waals surface area contributed by atoms with E-state index in [1.807, 2.05) is 0 Å². The van der Waals surface area contributed by atoms with Crippen molar-refractivity contribution in [1.29, 1.82) is 0 Å². The summed E-state index contributed by atoms with van der Waals surface area (Å²) in [6.07, 6.45) is -4.74. The molecule has 0 fully saturated rings. The van der Waals surface area contributed by atoms with Gasteiger partial charge in [0.1, 0.15) is 5.69 Å². The van der Waals surface area contributed by atoms with Crippen LogP contribution in [-0.4, -0.2) is 9.97 Å². The molecule has 0 radical (unpaired) electrons. The third-order valence-electron chi connectivity index (χ3n) is 0.989. The van der Waals surface area contributed by atoms with Gasteiger partial charge in [0, 0.05) is 9.81 Å². The van der Waals surface area contributed by atoms with Gasteiger partial charge >= 0.3 is 6.18 Å². The van der Waals surface area contributed by atoms with E-state index in [1.54, 1.807) is 0 Å². The Balaban J connectivity index is 3.30. The summed E-state index contributed by atoms with van der Waals surface area (Å²) in [5, 5.41) is -0.740. The lowest BCUT2D eigenvalue weighted by molar-refractivity contribution is -0.141. The lowest BCUT2D eigenvalue weighted by Gasteiger charge is -2.05.